The van der Waals surface area contributed by atoms with E-state index >= 15 is 0 Å². The number of amides is 3. The van der Waals surface area contributed by atoms with Crippen molar-refractivity contribution < 1.29 is 28.2 Å². The van der Waals surface area contributed by atoms with Gasteiger partial charge in [0.05, 0.1) is 12.0 Å². The Morgan fingerprint density at radius 2 is 1.94 bits per heavy atom. The summed E-state index contributed by atoms with van der Waals surface area (Å²) in [5.41, 5.74) is 0.990. The minimum absolute atomic E-state index is 0.182. The van der Waals surface area contributed by atoms with Crippen LogP contribution in [-0.4, -0.2) is 42.2 Å². The summed E-state index contributed by atoms with van der Waals surface area (Å²) in [6.07, 6.45) is 3.15. The fourth-order valence-corrected chi connectivity index (χ4v) is 3.55. The number of benzene rings is 2. The van der Waals surface area contributed by atoms with E-state index in [1.807, 2.05) is 0 Å². The van der Waals surface area contributed by atoms with Crippen molar-refractivity contribution in [3.05, 3.63) is 71.4 Å². The van der Waals surface area contributed by atoms with E-state index in [4.69, 9.17) is 9.47 Å². The van der Waals surface area contributed by atoms with Crippen LogP contribution in [0, 0.1) is 5.82 Å². The number of imide groups is 1. The van der Waals surface area contributed by atoms with Crippen LogP contribution in [0.4, 0.5) is 14.9 Å². The van der Waals surface area contributed by atoms with Gasteiger partial charge in [0.1, 0.15) is 19.0 Å². The number of carbonyl (C=O) groups is 3. The highest BCUT2D eigenvalue weighted by molar-refractivity contribution is 8.18. The van der Waals surface area contributed by atoms with E-state index in [9.17, 15) is 18.8 Å². The van der Waals surface area contributed by atoms with Crippen LogP contribution >= 0.6 is 11.8 Å². The van der Waals surface area contributed by atoms with E-state index in [2.05, 4.69) is 11.9 Å². The molecule has 0 unspecified atom stereocenters. The lowest BCUT2D eigenvalue weighted by Crippen LogP contribution is -2.36. The van der Waals surface area contributed by atoms with E-state index in [-0.39, 0.29) is 4.91 Å². The van der Waals surface area contributed by atoms with Gasteiger partial charge < -0.3 is 14.8 Å². The number of thioether (sulfide) groups is 1. The molecule has 0 spiro atoms. The fourth-order valence-electron chi connectivity index (χ4n) is 2.71. The molecule has 2 aromatic rings. The fraction of sp³-hybridized carbons (Fsp3) is 0.136. The molecule has 3 amide bonds. The van der Waals surface area contributed by atoms with Gasteiger partial charge in [0.2, 0.25) is 5.91 Å². The second-order valence-corrected chi connectivity index (χ2v) is 7.33. The molecule has 0 atom stereocenters. The largest absolute Gasteiger partial charge is 0.493 e. The third-order valence-electron chi connectivity index (χ3n) is 4.15. The summed E-state index contributed by atoms with van der Waals surface area (Å²) in [6, 6.07) is 10.2. The number of hydrogen-bond acceptors (Lipinski definition) is 6. The maximum absolute atomic E-state index is 13.0. The van der Waals surface area contributed by atoms with Crippen molar-refractivity contribution in [1.29, 1.82) is 0 Å². The Hall–Kier alpha value is -3.59. The van der Waals surface area contributed by atoms with Crippen molar-refractivity contribution in [2.75, 3.05) is 25.6 Å². The maximum atomic E-state index is 13.0. The van der Waals surface area contributed by atoms with Gasteiger partial charge in [-0.2, -0.15) is 0 Å². The molecule has 0 saturated carbocycles. The topological polar surface area (TPSA) is 84.9 Å². The van der Waals surface area contributed by atoms with Crippen LogP contribution in [0.1, 0.15) is 5.56 Å². The van der Waals surface area contributed by atoms with Gasteiger partial charge >= 0.3 is 0 Å². The molecule has 0 bridgehead atoms. The third-order valence-corrected chi connectivity index (χ3v) is 5.05. The molecular formula is C22H19FN2O5S. The monoisotopic (exact) mass is 442 g/mol. The summed E-state index contributed by atoms with van der Waals surface area (Å²) in [6.45, 7) is 3.46. The number of methoxy groups -OCH3 is 1. The summed E-state index contributed by atoms with van der Waals surface area (Å²) in [4.78, 5) is 38.1. The van der Waals surface area contributed by atoms with Crippen LogP contribution in [0.25, 0.3) is 6.08 Å². The molecule has 1 aliphatic rings. The standard InChI is InChI=1S/C22H19FN2O5S/c1-3-10-30-17-9-4-14(11-18(17)29-2)12-19-21(27)25(22(28)31-19)13-20(26)24-16-7-5-15(23)6-8-16/h3-9,11-12H,1,10,13H2,2H3,(H,24,26)/b19-12-. The number of carbonyl (C=O) groups excluding carboxylic acids is 3. The number of nitrogens with zero attached hydrogens (tertiary/aromatic N) is 1. The molecule has 1 heterocycles. The lowest BCUT2D eigenvalue weighted by atomic mass is 10.2. The zero-order valence-corrected chi connectivity index (χ0v) is 17.4. The van der Waals surface area contributed by atoms with Crippen molar-refractivity contribution in [1.82, 2.24) is 4.90 Å². The molecular weight excluding hydrogens is 423 g/mol. The molecule has 9 heteroatoms. The second-order valence-electron chi connectivity index (χ2n) is 6.33. The van der Waals surface area contributed by atoms with Crippen LogP contribution < -0.4 is 14.8 Å². The lowest BCUT2D eigenvalue weighted by molar-refractivity contribution is -0.127. The summed E-state index contributed by atoms with van der Waals surface area (Å²) >= 11 is 0.742. The van der Waals surface area contributed by atoms with Crippen molar-refractivity contribution in [2.24, 2.45) is 0 Å². The zero-order chi connectivity index (χ0) is 22.4. The second kappa shape index (κ2) is 9.94. The molecule has 1 saturated heterocycles. The first kappa shape index (κ1) is 22.1. The van der Waals surface area contributed by atoms with Crippen LogP contribution in [0.5, 0.6) is 11.5 Å². The predicted molar refractivity (Wildman–Crippen MR) is 116 cm³/mol. The Morgan fingerprint density at radius 3 is 2.61 bits per heavy atom. The number of ether oxygens (including phenoxy) is 2. The molecule has 0 radical (unpaired) electrons. The minimum atomic E-state index is -0.574. The predicted octanol–water partition coefficient (Wildman–Crippen LogP) is 4.07. The molecule has 31 heavy (non-hydrogen) atoms. The molecule has 7 nitrogen and oxygen atoms in total. The van der Waals surface area contributed by atoms with E-state index in [1.54, 1.807) is 30.4 Å². The minimum Gasteiger partial charge on any atom is -0.493 e. The Morgan fingerprint density at radius 1 is 1.19 bits per heavy atom. The highest BCUT2D eigenvalue weighted by atomic mass is 32.2. The molecule has 0 aliphatic carbocycles. The summed E-state index contributed by atoms with van der Waals surface area (Å²) in [5.74, 6) is -0.597. The molecule has 2 aromatic carbocycles. The molecule has 0 aromatic heterocycles. The highest BCUT2D eigenvalue weighted by Crippen LogP contribution is 2.34. The Labute approximate surface area is 182 Å². The van der Waals surface area contributed by atoms with Crippen molar-refractivity contribution in [3.63, 3.8) is 0 Å². The average Bonchev–Trinajstić information content (AvgIpc) is 3.01. The summed E-state index contributed by atoms with van der Waals surface area (Å²) < 4.78 is 23.8. The van der Waals surface area contributed by atoms with E-state index in [0.717, 1.165) is 16.7 Å². The van der Waals surface area contributed by atoms with Crippen LogP contribution in [0.2, 0.25) is 0 Å². The first-order valence-electron chi connectivity index (χ1n) is 9.14. The zero-order valence-electron chi connectivity index (χ0n) is 16.6. The van der Waals surface area contributed by atoms with Crippen LogP contribution in [0.3, 0.4) is 0 Å². The smallest absolute Gasteiger partial charge is 0.294 e. The van der Waals surface area contributed by atoms with Crippen LogP contribution in [0.15, 0.2) is 60.0 Å². The first-order chi connectivity index (χ1) is 14.9. The van der Waals surface area contributed by atoms with Gasteiger partial charge in [0.15, 0.2) is 11.5 Å². The number of hydrogen-bond donors (Lipinski definition) is 1. The van der Waals surface area contributed by atoms with Gasteiger partial charge in [0, 0.05) is 5.69 Å². The SMILES string of the molecule is C=CCOc1ccc(/C=C2\SC(=O)N(CC(=O)Nc3ccc(F)cc3)C2=O)cc1OC. The summed E-state index contributed by atoms with van der Waals surface area (Å²) in [5, 5.41) is 1.97. The quantitative estimate of drug-likeness (QED) is 0.490. The average molecular weight is 442 g/mol. The van der Waals surface area contributed by atoms with Crippen LogP contribution in [-0.2, 0) is 9.59 Å². The Balaban J connectivity index is 1.70. The van der Waals surface area contributed by atoms with Gasteiger partial charge in [0.25, 0.3) is 11.1 Å². The van der Waals surface area contributed by atoms with Gasteiger partial charge in [-0.25, -0.2) is 4.39 Å². The van der Waals surface area contributed by atoms with Crippen molar-refractivity contribution >= 4 is 40.6 Å². The summed E-state index contributed by atoms with van der Waals surface area (Å²) in [7, 11) is 1.49. The third kappa shape index (κ3) is 5.52. The van der Waals surface area contributed by atoms with E-state index in [0.29, 0.717) is 29.4 Å². The Bertz CT molecular complexity index is 1050. The van der Waals surface area contributed by atoms with E-state index in [1.165, 1.54) is 31.4 Å². The number of anilines is 1. The lowest BCUT2D eigenvalue weighted by Gasteiger charge is -2.12. The molecule has 1 aliphatic heterocycles. The van der Waals surface area contributed by atoms with Gasteiger partial charge in [-0.15, -0.1) is 0 Å². The highest BCUT2D eigenvalue weighted by Gasteiger charge is 2.36. The molecule has 160 valence electrons. The number of rotatable bonds is 8. The first-order valence-corrected chi connectivity index (χ1v) is 9.95. The number of nitrogens with one attached hydrogen (secondary N) is 1. The van der Waals surface area contributed by atoms with Crippen molar-refractivity contribution in [2.45, 2.75) is 0 Å². The molecule has 1 N–H and O–H groups in total. The Kier molecular flexibility index (Phi) is 7.09. The van der Waals surface area contributed by atoms with Crippen molar-refractivity contribution in [3.8, 4) is 11.5 Å². The molecule has 1 fully saturated rings. The van der Waals surface area contributed by atoms with Gasteiger partial charge in [-0.1, -0.05) is 18.7 Å². The normalized spacial score (nSPS) is 14.6. The molecule has 3 rings (SSSR count). The number of halogens is 1. The maximum Gasteiger partial charge on any atom is 0.294 e. The van der Waals surface area contributed by atoms with Gasteiger partial charge in [-0.3, -0.25) is 19.3 Å². The van der Waals surface area contributed by atoms with Gasteiger partial charge in [-0.05, 0) is 59.8 Å². The van der Waals surface area contributed by atoms with E-state index < -0.39 is 29.4 Å².